The molecule has 5 nitrogen and oxygen atoms in total. The van der Waals surface area contributed by atoms with E-state index >= 15 is 0 Å². The maximum atomic E-state index is 5.72. The molecule has 3 N–H and O–H groups in total. The summed E-state index contributed by atoms with van der Waals surface area (Å²) in [7, 11) is 1.68. The number of nitrogens with one attached hydrogen (secondary N) is 1. The first-order valence-electron chi connectivity index (χ1n) is 7.34. The lowest BCUT2D eigenvalue weighted by atomic mass is 10.0. The second kappa shape index (κ2) is 8.93. The first-order chi connectivity index (χ1) is 9.28. The molecule has 0 amide bonds. The second-order valence-corrected chi connectivity index (χ2v) is 4.89. The number of methoxy groups -OCH3 is 1. The summed E-state index contributed by atoms with van der Waals surface area (Å²) in [5.74, 6) is 6.55. The maximum Gasteiger partial charge on any atom is 0.161 e. The SMILES string of the molecule is CCCCCCC(NN)c1c(OC)cnn1CCC. The molecule has 0 spiro atoms. The summed E-state index contributed by atoms with van der Waals surface area (Å²) in [6, 6.07) is 0.112. The van der Waals surface area contributed by atoms with Crippen LogP contribution in [0.15, 0.2) is 6.20 Å². The van der Waals surface area contributed by atoms with Gasteiger partial charge in [-0.05, 0) is 12.8 Å². The summed E-state index contributed by atoms with van der Waals surface area (Å²) in [5, 5.41) is 4.39. The molecule has 110 valence electrons. The average molecular weight is 268 g/mol. The van der Waals surface area contributed by atoms with Gasteiger partial charge in [-0.15, -0.1) is 0 Å². The van der Waals surface area contributed by atoms with Crippen LogP contribution in [0.2, 0.25) is 0 Å². The van der Waals surface area contributed by atoms with E-state index in [0.29, 0.717) is 0 Å². The van der Waals surface area contributed by atoms with E-state index in [1.807, 2.05) is 4.68 Å². The van der Waals surface area contributed by atoms with Gasteiger partial charge in [0.2, 0.25) is 0 Å². The Balaban J connectivity index is 2.74. The average Bonchev–Trinajstić information content (AvgIpc) is 2.82. The molecule has 0 saturated carbocycles. The number of nitrogens with two attached hydrogens (primary N) is 1. The van der Waals surface area contributed by atoms with E-state index in [0.717, 1.165) is 30.8 Å². The molecule has 19 heavy (non-hydrogen) atoms. The number of hydrazine groups is 1. The molecule has 1 aromatic heterocycles. The fraction of sp³-hybridized carbons (Fsp3) is 0.786. The molecule has 1 rings (SSSR count). The van der Waals surface area contributed by atoms with Gasteiger partial charge >= 0.3 is 0 Å². The third-order valence-corrected chi connectivity index (χ3v) is 3.38. The van der Waals surface area contributed by atoms with Crippen molar-refractivity contribution >= 4 is 0 Å². The van der Waals surface area contributed by atoms with Crippen LogP contribution in [0.3, 0.4) is 0 Å². The van der Waals surface area contributed by atoms with Crippen LogP contribution in [-0.4, -0.2) is 16.9 Å². The molecule has 1 unspecified atom stereocenters. The minimum absolute atomic E-state index is 0.112. The molecule has 1 atom stereocenters. The summed E-state index contributed by atoms with van der Waals surface area (Å²) < 4.78 is 7.41. The van der Waals surface area contributed by atoms with Gasteiger partial charge in [0.15, 0.2) is 5.75 Å². The Hall–Kier alpha value is -1.07. The van der Waals surface area contributed by atoms with Gasteiger partial charge in [0.1, 0.15) is 0 Å². The smallest absolute Gasteiger partial charge is 0.161 e. The first kappa shape index (κ1) is 16.0. The molecule has 0 bridgehead atoms. The molecule has 0 fully saturated rings. The highest BCUT2D eigenvalue weighted by atomic mass is 16.5. The van der Waals surface area contributed by atoms with Gasteiger partial charge in [0.25, 0.3) is 0 Å². The Morgan fingerprint density at radius 2 is 2.11 bits per heavy atom. The molecular weight excluding hydrogens is 240 g/mol. The molecule has 1 heterocycles. The number of aryl methyl sites for hydroxylation is 1. The zero-order chi connectivity index (χ0) is 14.1. The molecule has 0 aliphatic rings. The number of hydrogen-bond acceptors (Lipinski definition) is 4. The van der Waals surface area contributed by atoms with Crippen LogP contribution in [0.4, 0.5) is 0 Å². The Labute approximate surface area is 116 Å². The maximum absolute atomic E-state index is 5.72. The van der Waals surface area contributed by atoms with Gasteiger partial charge in [0.05, 0.1) is 25.0 Å². The van der Waals surface area contributed by atoms with E-state index in [-0.39, 0.29) is 6.04 Å². The quantitative estimate of drug-likeness (QED) is 0.389. The highest BCUT2D eigenvalue weighted by Gasteiger charge is 2.20. The van der Waals surface area contributed by atoms with Crippen molar-refractivity contribution in [3.8, 4) is 5.75 Å². The molecule has 1 aromatic rings. The number of aromatic nitrogens is 2. The number of unbranched alkanes of at least 4 members (excludes halogenated alkanes) is 3. The monoisotopic (exact) mass is 268 g/mol. The van der Waals surface area contributed by atoms with E-state index in [9.17, 15) is 0 Å². The lowest BCUT2D eigenvalue weighted by Gasteiger charge is -2.19. The minimum Gasteiger partial charge on any atom is -0.493 e. The number of hydrogen-bond donors (Lipinski definition) is 2. The summed E-state index contributed by atoms with van der Waals surface area (Å²) >= 11 is 0. The van der Waals surface area contributed by atoms with Crippen molar-refractivity contribution in [1.29, 1.82) is 0 Å². The number of rotatable bonds is 10. The predicted molar refractivity (Wildman–Crippen MR) is 77.9 cm³/mol. The number of nitrogens with zero attached hydrogens (tertiary/aromatic N) is 2. The fourth-order valence-electron chi connectivity index (χ4n) is 2.35. The van der Waals surface area contributed by atoms with E-state index < -0.39 is 0 Å². The standard InChI is InChI=1S/C14H28N4O/c1-4-6-7-8-9-12(17-15)14-13(19-3)11-16-18(14)10-5-2/h11-12,17H,4-10,15H2,1-3H3. The van der Waals surface area contributed by atoms with Gasteiger partial charge in [-0.3, -0.25) is 16.0 Å². The van der Waals surface area contributed by atoms with Crippen molar-refractivity contribution < 1.29 is 4.74 Å². The van der Waals surface area contributed by atoms with Crippen LogP contribution < -0.4 is 16.0 Å². The topological polar surface area (TPSA) is 65.1 Å². The molecule has 0 radical (unpaired) electrons. The molecule has 0 aliphatic heterocycles. The molecule has 0 saturated heterocycles. The van der Waals surface area contributed by atoms with E-state index in [2.05, 4.69) is 24.4 Å². The van der Waals surface area contributed by atoms with Crippen LogP contribution in [0.5, 0.6) is 5.75 Å². The van der Waals surface area contributed by atoms with Gasteiger partial charge < -0.3 is 4.74 Å². The van der Waals surface area contributed by atoms with Gasteiger partial charge in [-0.25, -0.2) is 0 Å². The Bertz CT molecular complexity index is 351. The highest BCUT2D eigenvalue weighted by Crippen LogP contribution is 2.28. The second-order valence-electron chi connectivity index (χ2n) is 4.89. The van der Waals surface area contributed by atoms with E-state index in [4.69, 9.17) is 10.6 Å². The third-order valence-electron chi connectivity index (χ3n) is 3.38. The number of ether oxygens (including phenoxy) is 1. The highest BCUT2D eigenvalue weighted by molar-refractivity contribution is 5.28. The summed E-state index contributed by atoms with van der Waals surface area (Å²) in [6.07, 6.45) is 8.79. The van der Waals surface area contributed by atoms with Crippen LogP contribution >= 0.6 is 0 Å². The molecular formula is C14H28N4O. The van der Waals surface area contributed by atoms with Crippen LogP contribution in [0.25, 0.3) is 0 Å². The largest absolute Gasteiger partial charge is 0.493 e. The third kappa shape index (κ3) is 4.51. The summed E-state index contributed by atoms with van der Waals surface area (Å²) in [4.78, 5) is 0. The lowest BCUT2D eigenvalue weighted by molar-refractivity contribution is 0.380. The molecule has 0 aliphatic carbocycles. The van der Waals surface area contributed by atoms with Crippen molar-refractivity contribution in [3.05, 3.63) is 11.9 Å². The lowest BCUT2D eigenvalue weighted by Crippen LogP contribution is -2.30. The van der Waals surface area contributed by atoms with Gasteiger partial charge in [0, 0.05) is 6.54 Å². The van der Waals surface area contributed by atoms with Crippen molar-refractivity contribution in [2.24, 2.45) is 5.84 Å². The molecule has 0 aromatic carbocycles. The van der Waals surface area contributed by atoms with Crippen LogP contribution in [0, 0.1) is 0 Å². The van der Waals surface area contributed by atoms with Crippen molar-refractivity contribution in [2.45, 2.75) is 65.0 Å². The van der Waals surface area contributed by atoms with Crippen molar-refractivity contribution in [3.63, 3.8) is 0 Å². The minimum atomic E-state index is 0.112. The predicted octanol–water partition coefficient (Wildman–Crippen LogP) is 2.78. The first-order valence-corrected chi connectivity index (χ1v) is 7.34. The molecule has 5 heteroatoms. The van der Waals surface area contributed by atoms with Gasteiger partial charge in [-0.2, -0.15) is 5.10 Å². The fourth-order valence-corrected chi connectivity index (χ4v) is 2.35. The Morgan fingerprint density at radius 1 is 1.32 bits per heavy atom. The van der Waals surface area contributed by atoms with E-state index in [1.165, 1.54) is 25.7 Å². The van der Waals surface area contributed by atoms with Crippen molar-refractivity contribution in [2.75, 3.05) is 7.11 Å². The normalized spacial score (nSPS) is 12.6. The summed E-state index contributed by atoms with van der Waals surface area (Å²) in [5.41, 5.74) is 3.99. The zero-order valence-corrected chi connectivity index (χ0v) is 12.5. The zero-order valence-electron chi connectivity index (χ0n) is 12.5. The Kier molecular flexibility index (Phi) is 7.52. The van der Waals surface area contributed by atoms with Crippen LogP contribution in [0.1, 0.15) is 64.1 Å². The van der Waals surface area contributed by atoms with Gasteiger partial charge in [-0.1, -0.05) is 39.5 Å². The summed E-state index contributed by atoms with van der Waals surface area (Å²) in [6.45, 7) is 5.26. The Morgan fingerprint density at radius 3 is 2.68 bits per heavy atom. The van der Waals surface area contributed by atoms with Crippen LogP contribution in [-0.2, 0) is 6.54 Å². The van der Waals surface area contributed by atoms with Crippen molar-refractivity contribution in [1.82, 2.24) is 15.2 Å². The van der Waals surface area contributed by atoms with E-state index in [1.54, 1.807) is 13.3 Å².